The third kappa shape index (κ3) is 7.15. The van der Waals surface area contributed by atoms with Gasteiger partial charge in [-0.15, -0.1) is 24.0 Å². The van der Waals surface area contributed by atoms with E-state index in [-0.39, 0.29) is 30.1 Å². The van der Waals surface area contributed by atoms with Gasteiger partial charge >= 0.3 is 0 Å². The molecule has 0 amide bonds. The van der Waals surface area contributed by atoms with Crippen molar-refractivity contribution >= 4 is 29.9 Å². The van der Waals surface area contributed by atoms with Gasteiger partial charge in [-0.3, -0.25) is 0 Å². The highest BCUT2D eigenvalue weighted by Crippen LogP contribution is 2.20. The van der Waals surface area contributed by atoms with Gasteiger partial charge in [-0.1, -0.05) is 18.9 Å². The molecule has 1 saturated carbocycles. The minimum atomic E-state index is 0. The van der Waals surface area contributed by atoms with Crippen LogP contribution in [0.25, 0.3) is 0 Å². The molecule has 1 aromatic rings. The summed E-state index contributed by atoms with van der Waals surface area (Å²) in [6, 6.07) is 8.22. The highest BCUT2D eigenvalue weighted by Gasteiger charge is 2.16. The summed E-state index contributed by atoms with van der Waals surface area (Å²) in [6.07, 6.45) is 5.10. The van der Waals surface area contributed by atoms with Crippen molar-refractivity contribution in [3.63, 3.8) is 0 Å². The van der Waals surface area contributed by atoms with Crippen LogP contribution in [0.1, 0.15) is 39.5 Å². The smallest absolute Gasteiger partial charge is 0.191 e. The topological polar surface area (TPSA) is 54.9 Å². The highest BCUT2D eigenvalue weighted by atomic mass is 127. The predicted octanol–water partition coefficient (Wildman–Crippen LogP) is 3.58. The van der Waals surface area contributed by atoms with Crippen molar-refractivity contribution in [2.75, 3.05) is 20.2 Å². The summed E-state index contributed by atoms with van der Waals surface area (Å²) in [5, 5.41) is 6.83. The van der Waals surface area contributed by atoms with Gasteiger partial charge in [0.25, 0.3) is 0 Å². The molecule has 1 aliphatic rings. The van der Waals surface area contributed by atoms with Gasteiger partial charge in [0.15, 0.2) is 5.96 Å². The number of nitrogens with one attached hydrogen (secondary N) is 2. The van der Waals surface area contributed by atoms with Crippen molar-refractivity contribution in [2.24, 2.45) is 4.99 Å². The van der Waals surface area contributed by atoms with Crippen LogP contribution in [0, 0.1) is 0 Å². The molecular formula is C18H30IN3O2. The van der Waals surface area contributed by atoms with Gasteiger partial charge < -0.3 is 20.1 Å². The number of hydrogen-bond donors (Lipinski definition) is 2. The van der Waals surface area contributed by atoms with E-state index in [4.69, 9.17) is 9.47 Å². The lowest BCUT2D eigenvalue weighted by atomic mass is 10.2. The monoisotopic (exact) mass is 447 g/mol. The lowest BCUT2D eigenvalue weighted by Crippen LogP contribution is -2.42. The summed E-state index contributed by atoms with van der Waals surface area (Å²) in [4.78, 5) is 4.65. The summed E-state index contributed by atoms with van der Waals surface area (Å²) in [5.74, 6) is 2.50. The van der Waals surface area contributed by atoms with Gasteiger partial charge in [0.2, 0.25) is 0 Å². The molecule has 1 unspecified atom stereocenters. The molecule has 1 aromatic carbocycles. The van der Waals surface area contributed by atoms with E-state index in [2.05, 4.69) is 22.5 Å². The summed E-state index contributed by atoms with van der Waals surface area (Å²) < 4.78 is 11.1. The van der Waals surface area contributed by atoms with Gasteiger partial charge in [0.05, 0.1) is 13.7 Å². The minimum Gasteiger partial charge on any atom is -0.497 e. The van der Waals surface area contributed by atoms with Crippen molar-refractivity contribution in [1.82, 2.24) is 10.6 Å². The Hall–Kier alpha value is -1.18. The minimum absolute atomic E-state index is 0. The van der Waals surface area contributed by atoms with Gasteiger partial charge in [-0.2, -0.15) is 0 Å². The van der Waals surface area contributed by atoms with Crippen LogP contribution in [0.3, 0.4) is 0 Å². The number of nitrogens with zero attached hydrogens (tertiary/aromatic N) is 1. The van der Waals surface area contributed by atoms with E-state index in [1.54, 1.807) is 7.11 Å². The average Bonchev–Trinajstić information content (AvgIpc) is 3.06. The Labute approximate surface area is 162 Å². The Morgan fingerprint density at radius 2 is 2.00 bits per heavy atom. The van der Waals surface area contributed by atoms with Crippen LogP contribution in [-0.4, -0.2) is 38.3 Å². The molecule has 6 heteroatoms. The van der Waals surface area contributed by atoms with Crippen molar-refractivity contribution in [3.05, 3.63) is 24.3 Å². The van der Waals surface area contributed by atoms with Crippen LogP contribution in [0.5, 0.6) is 11.5 Å². The Morgan fingerprint density at radius 3 is 2.67 bits per heavy atom. The van der Waals surface area contributed by atoms with E-state index in [9.17, 15) is 0 Å². The zero-order valence-electron chi connectivity index (χ0n) is 14.9. The van der Waals surface area contributed by atoms with Crippen molar-refractivity contribution in [1.29, 1.82) is 0 Å². The number of aliphatic imine (C=N–C) groups is 1. The number of rotatable bonds is 7. The first-order chi connectivity index (χ1) is 11.2. The summed E-state index contributed by atoms with van der Waals surface area (Å²) >= 11 is 0. The van der Waals surface area contributed by atoms with Crippen LogP contribution >= 0.6 is 24.0 Å². The van der Waals surface area contributed by atoms with E-state index in [1.807, 2.05) is 31.2 Å². The second kappa shape index (κ2) is 11.4. The summed E-state index contributed by atoms with van der Waals surface area (Å²) in [7, 11) is 1.66. The molecule has 0 heterocycles. The molecular weight excluding hydrogens is 417 g/mol. The summed E-state index contributed by atoms with van der Waals surface area (Å²) in [6.45, 7) is 5.59. The molecule has 136 valence electrons. The predicted molar refractivity (Wildman–Crippen MR) is 110 cm³/mol. The molecule has 1 fully saturated rings. The zero-order valence-corrected chi connectivity index (χ0v) is 17.2. The zero-order chi connectivity index (χ0) is 16.5. The molecule has 0 aromatic heterocycles. The largest absolute Gasteiger partial charge is 0.497 e. The number of ether oxygens (including phenoxy) is 2. The Kier molecular flexibility index (Phi) is 9.90. The normalized spacial score (nSPS) is 16.2. The lowest BCUT2D eigenvalue weighted by Gasteiger charge is -2.18. The standard InChI is InChI=1S/C18H29N3O2.HI/c1-4-19-18(21-15-8-5-6-9-15)20-13-14(2)23-17-11-7-10-16(12-17)22-3;/h7,10-12,14-15H,4-6,8-9,13H2,1-3H3,(H2,19,20,21);1H. The van der Waals surface area contributed by atoms with Gasteiger partial charge in [-0.25, -0.2) is 4.99 Å². The second-order valence-electron chi connectivity index (χ2n) is 5.95. The highest BCUT2D eigenvalue weighted by molar-refractivity contribution is 14.0. The quantitative estimate of drug-likeness (QED) is 0.381. The fourth-order valence-corrected chi connectivity index (χ4v) is 2.75. The third-order valence-corrected chi connectivity index (χ3v) is 3.93. The average molecular weight is 447 g/mol. The van der Waals surface area contributed by atoms with Crippen molar-refractivity contribution in [2.45, 2.75) is 51.7 Å². The fraction of sp³-hybridized carbons (Fsp3) is 0.611. The molecule has 1 atom stereocenters. The Morgan fingerprint density at radius 1 is 1.29 bits per heavy atom. The van der Waals surface area contributed by atoms with Gasteiger partial charge in [0, 0.05) is 18.7 Å². The Bertz CT molecular complexity index is 505. The molecule has 0 aliphatic heterocycles. The second-order valence-corrected chi connectivity index (χ2v) is 5.95. The van der Waals surface area contributed by atoms with Crippen molar-refractivity contribution < 1.29 is 9.47 Å². The first kappa shape index (κ1) is 20.9. The van der Waals surface area contributed by atoms with Crippen LogP contribution in [0.15, 0.2) is 29.3 Å². The van der Waals surface area contributed by atoms with E-state index in [0.717, 1.165) is 24.0 Å². The van der Waals surface area contributed by atoms with Crippen molar-refractivity contribution in [3.8, 4) is 11.5 Å². The maximum Gasteiger partial charge on any atom is 0.191 e. The van der Waals surface area contributed by atoms with E-state index < -0.39 is 0 Å². The van der Waals surface area contributed by atoms with Gasteiger partial charge in [-0.05, 0) is 38.8 Å². The van der Waals surface area contributed by atoms with Crippen LogP contribution in [0.2, 0.25) is 0 Å². The van der Waals surface area contributed by atoms with E-state index in [0.29, 0.717) is 12.6 Å². The number of hydrogen-bond acceptors (Lipinski definition) is 3. The molecule has 0 bridgehead atoms. The number of guanidine groups is 1. The molecule has 0 spiro atoms. The maximum absolute atomic E-state index is 5.91. The third-order valence-electron chi connectivity index (χ3n) is 3.93. The van der Waals surface area contributed by atoms with E-state index >= 15 is 0 Å². The first-order valence-corrected chi connectivity index (χ1v) is 8.56. The fourth-order valence-electron chi connectivity index (χ4n) is 2.75. The molecule has 24 heavy (non-hydrogen) atoms. The molecule has 0 radical (unpaired) electrons. The van der Waals surface area contributed by atoms with E-state index in [1.165, 1.54) is 25.7 Å². The molecule has 2 rings (SSSR count). The van der Waals surface area contributed by atoms with Crippen LogP contribution in [-0.2, 0) is 0 Å². The van der Waals surface area contributed by atoms with Gasteiger partial charge in [0.1, 0.15) is 17.6 Å². The van der Waals surface area contributed by atoms with Crippen LogP contribution < -0.4 is 20.1 Å². The number of methoxy groups -OCH3 is 1. The van der Waals surface area contributed by atoms with Crippen LogP contribution in [0.4, 0.5) is 0 Å². The SMILES string of the molecule is CCNC(=NCC(C)Oc1cccc(OC)c1)NC1CCCC1.I. The maximum atomic E-state index is 5.91. The first-order valence-electron chi connectivity index (χ1n) is 8.56. The molecule has 5 nitrogen and oxygen atoms in total. The lowest BCUT2D eigenvalue weighted by molar-refractivity contribution is 0.229. The number of halogens is 1. The molecule has 2 N–H and O–H groups in total. The molecule has 0 saturated heterocycles. The Balaban J connectivity index is 0.00000288. The summed E-state index contributed by atoms with van der Waals surface area (Å²) in [5.41, 5.74) is 0. The molecule has 1 aliphatic carbocycles. The number of benzene rings is 1.